The van der Waals surface area contributed by atoms with E-state index in [4.69, 9.17) is 9.47 Å². The summed E-state index contributed by atoms with van der Waals surface area (Å²) in [5.41, 5.74) is 1.97. The number of fused-ring (bicyclic) bond motifs is 1. The summed E-state index contributed by atoms with van der Waals surface area (Å²) < 4.78 is 10.8. The van der Waals surface area contributed by atoms with Crippen LogP contribution >= 0.6 is 0 Å². The molecule has 2 N–H and O–H groups in total. The molecule has 1 aliphatic carbocycles. The van der Waals surface area contributed by atoms with E-state index in [1.54, 1.807) is 7.11 Å². The standard InChI is InChI=1S/C17H25NO3/c1-12-17(19,8-9-21-12)11-18-16-5-3-4-13-10-14(20-2)6-7-15(13)16/h6-7,10,12,16,18-19H,3-5,8-9,11H2,1-2H3. The monoisotopic (exact) mass is 291 g/mol. The summed E-state index contributed by atoms with van der Waals surface area (Å²) in [4.78, 5) is 0. The van der Waals surface area contributed by atoms with Crippen molar-refractivity contribution in [3.63, 3.8) is 0 Å². The second-order valence-corrected chi connectivity index (χ2v) is 6.26. The second-order valence-electron chi connectivity index (χ2n) is 6.26. The number of hydrogen-bond donors (Lipinski definition) is 2. The maximum atomic E-state index is 10.6. The van der Waals surface area contributed by atoms with Gasteiger partial charge in [-0.1, -0.05) is 6.07 Å². The second kappa shape index (κ2) is 5.95. The van der Waals surface area contributed by atoms with Crippen LogP contribution < -0.4 is 10.1 Å². The van der Waals surface area contributed by atoms with Gasteiger partial charge in [0.15, 0.2) is 0 Å². The van der Waals surface area contributed by atoms with E-state index in [1.165, 1.54) is 17.5 Å². The molecule has 1 saturated heterocycles. The Labute approximate surface area is 126 Å². The summed E-state index contributed by atoms with van der Waals surface area (Å²) >= 11 is 0. The molecular formula is C17H25NO3. The largest absolute Gasteiger partial charge is 0.497 e. The van der Waals surface area contributed by atoms with Gasteiger partial charge < -0.3 is 19.9 Å². The Kier molecular flexibility index (Phi) is 4.20. The predicted octanol–water partition coefficient (Wildman–Crippen LogP) is 2.20. The number of rotatable bonds is 4. The molecule has 1 aromatic rings. The molecule has 4 heteroatoms. The summed E-state index contributed by atoms with van der Waals surface area (Å²) in [6.45, 7) is 3.19. The first kappa shape index (κ1) is 14.8. The van der Waals surface area contributed by atoms with Crippen molar-refractivity contribution in [1.82, 2.24) is 5.32 Å². The Morgan fingerprint density at radius 3 is 3.05 bits per heavy atom. The molecule has 0 aromatic heterocycles. The van der Waals surface area contributed by atoms with E-state index in [9.17, 15) is 5.11 Å². The lowest BCUT2D eigenvalue weighted by atomic mass is 9.86. The molecule has 0 bridgehead atoms. The molecule has 3 rings (SSSR count). The minimum Gasteiger partial charge on any atom is -0.497 e. The number of aliphatic hydroxyl groups is 1. The molecule has 0 amide bonds. The van der Waals surface area contributed by atoms with E-state index >= 15 is 0 Å². The SMILES string of the molecule is COc1ccc2c(c1)CCCC2NCC1(O)CCOC1C. The van der Waals surface area contributed by atoms with Crippen molar-refractivity contribution in [3.8, 4) is 5.75 Å². The average Bonchev–Trinajstić information content (AvgIpc) is 2.84. The molecule has 2 aliphatic rings. The van der Waals surface area contributed by atoms with Crippen LogP contribution in [0.1, 0.15) is 43.4 Å². The lowest BCUT2D eigenvalue weighted by Gasteiger charge is -2.32. The van der Waals surface area contributed by atoms with Crippen molar-refractivity contribution in [2.24, 2.45) is 0 Å². The molecule has 116 valence electrons. The summed E-state index contributed by atoms with van der Waals surface area (Å²) in [6.07, 6.45) is 4.01. The van der Waals surface area contributed by atoms with Crippen LogP contribution in [-0.2, 0) is 11.2 Å². The van der Waals surface area contributed by atoms with Gasteiger partial charge in [-0.15, -0.1) is 0 Å². The van der Waals surface area contributed by atoms with E-state index in [0.717, 1.165) is 18.6 Å². The van der Waals surface area contributed by atoms with Gasteiger partial charge >= 0.3 is 0 Å². The zero-order valence-electron chi connectivity index (χ0n) is 12.9. The summed E-state index contributed by atoms with van der Waals surface area (Å²) in [7, 11) is 1.71. The van der Waals surface area contributed by atoms with Gasteiger partial charge in [0.05, 0.1) is 13.2 Å². The highest BCUT2D eigenvalue weighted by Crippen LogP contribution is 2.33. The highest BCUT2D eigenvalue weighted by Gasteiger charge is 2.39. The Balaban J connectivity index is 1.70. The molecule has 1 aliphatic heterocycles. The zero-order chi connectivity index (χ0) is 14.9. The maximum Gasteiger partial charge on any atom is 0.119 e. The lowest BCUT2D eigenvalue weighted by Crippen LogP contribution is -2.47. The number of ether oxygens (including phenoxy) is 2. The average molecular weight is 291 g/mol. The number of benzene rings is 1. The van der Waals surface area contributed by atoms with Gasteiger partial charge in [-0.25, -0.2) is 0 Å². The molecule has 3 unspecified atom stereocenters. The van der Waals surface area contributed by atoms with Crippen molar-refractivity contribution < 1.29 is 14.6 Å². The van der Waals surface area contributed by atoms with Gasteiger partial charge in [-0.05, 0) is 49.4 Å². The van der Waals surface area contributed by atoms with Gasteiger partial charge in [0.2, 0.25) is 0 Å². The fourth-order valence-electron chi connectivity index (χ4n) is 3.43. The predicted molar refractivity (Wildman–Crippen MR) is 81.7 cm³/mol. The van der Waals surface area contributed by atoms with Crippen LogP contribution in [0.5, 0.6) is 5.75 Å². The Morgan fingerprint density at radius 2 is 2.33 bits per heavy atom. The fraction of sp³-hybridized carbons (Fsp3) is 0.647. The minimum absolute atomic E-state index is 0.0936. The molecule has 21 heavy (non-hydrogen) atoms. The first-order valence-electron chi connectivity index (χ1n) is 7.86. The smallest absolute Gasteiger partial charge is 0.119 e. The molecular weight excluding hydrogens is 266 g/mol. The topological polar surface area (TPSA) is 50.7 Å². The van der Waals surface area contributed by atoms with Crippen LogP contribution in [0.2, 0.25) is 0 Å². The molecule has 0 saturated carbocycles. The van der Waals surface area contributed by atoms with Crippen molar-refractivity contribution in [2.75, 3.05) is 20.3 Å². The van der Waals surface area contributed by atoms with Crippen molar-refractivity contribution in [2.45, 2.75) is 50.4 Å². The molecule has 0 radical (unpaired) electrons. The van der Waals surface area contributed by atoms with Crippen molar-refractivity contribution >= 4 is 0 Å². The summed E-state index contributed by atoms with van der Waals surface area (Å²) in [5, 5.41) is 14.2. The molecule has 1 heterocycles. The number of aryl methyl sites for hydroxylation is 1. The van der Waals surface area contributed by atoms with Crippen LogP contribution in [0.4, 0.5) is 0 Å². The molecule has 3 atom stereocenters. The van der Waals surface area contributed by atoms with Gasteiger partial charge in [-0.3, -0.25) is 0 Å². The third-order valence-electron chi connectivity index (χ3n) is 4.98. The van der Waals surface area contributed by atoms with Gasteiger partial charge in [0.25, 0.3) is 0 Å². The molecule has 1 aromatic carbocycles. The zero-order valence-corrected chi connectivity index (χ0v) is 12.9. The van der Waals surface area contributed by atoms with Gasteiger partial charge in [0.1, 0.15) is 11.4 Å². The highest BCUT2D eigenvalue weighted by atomic mass is 16.5. The van der Waals surface area contributed by atoms with Gasteiger partial charge in [0, 0.05) is 25.6 Å². The number of methoxy groups -OCH3 is 1. The molecule has 4 nitrogen and oxygen atoms in total. The van der Waals surface area contributed by atoms with E-state index < -0.39 is 5.60 Å². The van der Waals surface area contributed by atoms with Crippen LogP contribution in [0, 0.1) is 0 Å². The lowest BCUT2D eigenvalue weighted by molar-refractivity contribution is -0.0280. The molecule has 1 fully saturated rings. The third kappa shape index (κ3) is 2.93. The minimum atomic E-state index is -0.732. The van der Waals surface area contributed by atoms with Crippen LogP contribution in [0.3, 0.4) is 0 Å². The van der Waals surface area contributed by atoms with Crippen LogP contribution in [0.15, 0.2) is 18.2 Å². The van der Waals surface area contributed by atoms with E-state index in [2.05, 4.69) is 17.4 Å². The Bertz CT molecular complexity index is 505. The molecule has 0 spiro atoms. The Morgan fingerprint density at radius 1 is 1.48 bits per heavy atom. The van der Waals surface area contributed by atoms with Gasteiger partial charge in [-0.2, -0.15) is 0 Å². The van der Waals surface area contributed by atoms with Crippen molar-refractivity contribution in [3.05, 3.63) is 29.3 Å². The van der Waals surface area contributed by atoms with Crippen molar-refractivity contribution in [1.29, 1.82) is 0 Å². The first-order chi connectivity index (χ1) is 10.1. The van der Waals surface area contributed by atoms with E-state index in [-0.39, 0.29) is 6.10 Å². The quantitative estimate of drug-likeness (QED) is 0.893. The van der Waals surface area contributed by atoms with E-state index in [1.807, 2.05) is 13.0 Å². The normalized spacial score (nSPS) is 32.0. The van der Waals surface area contributed by atoms with E-state index in [0.29, 0.717) is 25.6 Å². The van der Waals surface area contributed by atoms with Crippen LogP contribution in [-0.4, -0.2) is 37.1 Å². The summed E-state index contributed by atoms with van der Waals surface area (Å²) in [5.74, 6) is 0.922. The third-order valence-corrected chi connectivity index (χ3v) is 4.98. The van der Waals surface area contributed by atoms with Crippen LogP contribution in [0.25, 0.3) is 0 Å². The number of hydrogen-bond acceptors (Lipinski definition) is 4. The first-order valence-corrected chi connectivity index (χ1v) is 7.86. The Hall–Kier alpha value is -1.10. The summed E-state index contributed by atoms with van der Waals surface area (Å²) in [6, 6.07) is 6.63. The fourth-order valence-corrected chi connectivity index (χ4v) is 3.43. The maximum absolute atomic E-state index is 10.6. The highest BCUT2D eigenvalue weighted by molar-refractivity contribution is 5.39. The number of nitrogens with one attached hydrogen (secondary N) is 1.